The summed E-state index contributed by atoms with van der Waals surface area (Å²) in [6.07, 6.45) is 3.20. The zero-order valence-electron chi connectivity index (χ0n) is 8.51. The van der Waals surface area contributed by atoms with E-state index in [0.29, 0.717) is 5.69 Å². The molecule has 7 heteroatoms. The van der Waals surface area contributed by atoms with Crippen LogP contribution in [0.3, 0.4) is 0 Å². The van der Waals surface area contributed by atoms with Crippen LogP contribution in [0.1, 0.15) is 5.56 Å². The Labute approximate surface area is 104 Å². The summed E-state index contributed by atoms with van der Waals surface area (Å²) in [6, 6.07) is 4.37. The molecule has 1 aromatic heterocycles. The molecule has 2 rings (SSSR count). The molecular formula is C10H8BrFN4O. The Morgan fingerprint density at radius 3 is 2.88 bits per heavy atom. The highest BCUT2D eigenvalue weighted by Crippen LogP contribution is 2.19. The molecule has 5 nitrogen and oxygen atoms in total. The van der Waals surface area contributed by atoms with Gasteiger partial charge in [0.2, 0.25) is 0 Å². The van der Waals surface area contributed by atoms with Gasteiger partial charge in [-0.1, -0.05) is 11.2 Å². The van der Waals surface area contributed by atoms with E-state index in [1.165, 1.54) is 16.8 Å². The summed E-state index contributed by atoms with van der Waals surface area (Å²) in [5.41, 5.74) is 5.85. The largest absolute Gasteiger partial charge is 0.409 e. The minimum atomic E-state index is -0.579. The minimum absolute atomic E-state index is 0.00519. The van der Waals surface area contributed by atoms with Crippen molar-refractivity contribution >= 4 is 21.8 Å². The highest BCUT2D eigenvalue weighted by Gasteiger charge is 2.14. The van der Waals surface area contributed by atoms with Crippen LogP contribution in [-0.4, -0.2) is 20.8 Å². The summed E-state index contributed by atoms with van der Waals surface area (Å²) in [6.45, 7) is 0. The molecular weight excluding hydrogens is 291 g/mol. The van der Waals surface area contributed by atoms with Gasteiger partial charge in [0.15, 0.2) is 5.84 Å². The third kappa shape index (κ3) is 2.14. The van der Waals surface area contributed by atoms with Gasteiger partial charge < -0.3 is 10.9 Å². The summed E-state index contributed by atoms with van der Waals surface area (Å²) < 4.78 is 15.8. The van der Waals surface area contributed by atoms with Gasteiger partial charge in [0, 0.05) is 6.20 Å². The molecule has 2 aromatic rings. The monoisotopic (exact) mass is 298 g/mol. The fraction of sp³-hybridized carbons (Fsp3) is 0. The molecule has 0 radical (unpaired) electrons. The number of nitrogens with zero attached hydrogens (tertiary/aromatic N) is 3. The van der Waals surface area contributed by atoms with Crippen molar-refractivity contribution in [2.24, 2.45) is 10.9 Å². The number of amidine groups is 1. The lowest BCUT2D eigenvalue weighted by Crippen LogP contribution is -2.18. The first-order valence-corrected chi connectivity index (χ1v) is 5.39. The van der Waals surface area contributed by atoms with Gasteiger partial charge in [0.05, 0.1) is 21.9 Å². The van der Waals surface area contributed by atoms with E-state index in [1.54, 1.807) is 18.5 Å². The van der Waals surface area contributed by atoms with Gasteiger partial charge in [-0.25, -0.2) is 9.07 Å². The first-order chi connectivity index (χ1) is 8.13. The smallest absolute Gasteiger partial charge is 0.175 e. The number of hydrogen-bond donors (Lipinski definition) is 2. The van der Waals surface area contributed by atoms with E-state index in [4.69, 9.17) is 10.9 Å². The average molecular weight is 299 g/mol. The summed E-state index contributed by atoms with van der Waals surface area (Å²) >= 11 is 3.24. The van der Waals surface area contributed by atoms with Crippen molar-refractivity contribution in [3.8, 4) is 5.69 Å². The molecule has 0 unspecified atom stereocenters. The van der Waals surface area contributed by atoms with Crippen molar-refractivity contribution in [2.75, 3.05) is 0 Å². The van der Waals surface area contributed by atoms with Gasteiger partial charge >= 0.3 is 0 Å². The van der Waals surface area contributed by atoms with Crippen molar-refractivity contribution in [2.45, 2.75) is 0 Å². The maximum absolute atomic E-state index is 13.7. The van der Waals surface area contributed by atoms with E-state index in [1.807, 2.05) is 0 Å². The summed E-state index contributed by atoms with van der Waals surface area (Å²) in [7, 11) is 0. The Bertz CT molecular complexity index is 581. The van der Waals surface area contributed by atoms with E-state index in [-0.39, 0.29) is 11.4 Å². The number of nitrogens with two attached hydrogens (primary N) is 1. The number of rotatable bonds is 2. The van der Waals surface area contributed by atoms with Crippen LogP contribution in [0.25, 0.3) is 5.69 Å². The fourth-order valence-corrected chi connectivity index (χ4v) is 1.73. The van der Waals surface area contributed by atoms with Gasteiger partial charge in [-0.15, -0.1) is 0 Å². The maximum Gasteiger partial charge on any atom is 0.175 e. The normalized spacial score (nSPS) is 11.8. The Morgan fingerprint density at radius 2 is 2.29 bits per heavy atom. The predicted molar refractivity (Wildman–Crippen MR) is 63.7 cm³/mol. The molecule has 0 aliphatic carbocycles. The quantitative estimate of drug-likeness (QED) is 0.385. The van der Waals surface area contributed by atoms with Crippen LogP contribution in [0.15, 0.2) is 40.2 Å². The van der Waals surface area contributed by atoms with Crippen molar-refractivity contribution in [1.82, 2.24) is 9.78 Å². The molecule has 0 bridgehead atoms. The SMILES string of the molecule is NC(=NO)c1c(F)cccc1-n1cc(Br)cn1. The van der Waals surface area contributed by atoms with E-state index < -0.39 is 5.82 Å². The average Bonchev–Trinajstić information content (AvgIpc) is 2.74. The first kappa shape index (κ1) is 11.6. The third-order valence-corrected chi connectivity index (χ3v) is 2.56. The molecule has 0 fully saturated rings. The molecule has 1 heterocycles. The molecule has 0 amide bonds. The molecule has 0 aliphatic heterocycles. The molecule has 17 heavy (non-hydrogen) atoms. The van der Waals surface area contributed by atoms with Gasteiger partial charge in [0.1, 0.15) is 5.82 Å². The predicted octanol–water partition coefficient (Wildman–Crippen LogP) is 1.87. The van der Waals surface area contributed by atoms with Crippen LogP contribution in [0.4, 0.5) is 4.39 Å². The van der Waals surface area contributed by atoms with Crippen LogP contribution >= 0.6 is 15.9 Å². The van der Waals surface area contributed by atoms with Crippen molar-refractivity contribution in [1.29, 1.82) is 0 Å². The third-order valence-electron chi connectivity index (χ3n) is 2.15. The van der Waals surface area contributed by atoms with Crippen molar-refractivity contribution in [3.05, 3.63) is 46.4 Å². The van der Waals surface area contributed by atoms with Gasteiger partial charge in [-0.3, -0.25) is 0 Å². The van der Waals surface area contributed by atoms with E-state index in [9.17, 15) is 4.39 Å². The molecule has 3 N–H and O–H groups in total. The number of hydrogen-bond acceptors (Lipinski definition) is 3. The van der Waals surface area contributed by atoms with Crippen LogP contribution in [0, 0.1) is 5.82 Å². The molecule has 0 atom stereocenters. The summed E-state index contributed by atoms with van der Waals surface area (Å²) in [4.78, 5) is 0. The van der Waals surface area contributed by atoms with E-state index in [2.05, 4.69) is 26.2 Å². The lowest BCUT2D eigenvalue weighted by molar-refractivity contribution is 0.318. The molecule has 88 valence electrons. The standard InChI is InChI=1S/C10H8BrFN4O/c11-6-4-14-16(5-6)8-3-1-2-7(12)9(8)10(13)15-17/h1-5,17H,(H2,13,15). The lowest BCUT2D eigenvalue weighted by atomic mass is 10.1. The van der Waals surface area contributed by atoms with Crippen LogP contribution < -0.4 is 5.73 Å². The fourth-order valence-electron chi connectivity index (χ4n) is 1.44. The second-order valence-corrected chi connectivity index (χ2v) is 4.14. The zero-order valence-corrected chi connectivity index (χ0v) is 10.1. The number of halogens is 2. The van der Waals surface area contributed by atoms with Gasteiger partial charge in [0.25, 0.3) is 0 Å². The Hall–Kier alpha value is -1.89. The van der Waals surface area contributed by atoms with Crippen LogP contribution in [0.5, 0.6) is 0 Å². The Morgan fingerprint density at radius 1 is 1.53 bits per heavy atom. The number of oxime groups is 1. The summed E-state index contributed by atoms with van der Waals surface area (Å²) in [5.74, 6) is -0.880. The maximum atomic E-state index is 13.7. The lowest BCUT2D eigenvalue weighted by Gasteiger charge is -2.08. The van der Waals surface area contributed by atoms with E-state index in [0.717, 1.165) is 4.47 Å². The van der Waals surface area contributed by atoms with Crippen molar-refractivity contribution < 1.29 is 9.60 Å². The van der Waals surface area contributed by atoms with Gasteiger partial charge in [-0.2, -0.15) is 5.10 Å². The Balaban J connectivity index is 2.66. The van der Waals surface area contributed by atoms with Gasteiger partial charge in [-0.05, 0) is 28.1 Å². The highest BCUT2D eigenvalue weighted by atomic mass is 79.9. The molecule has 0 saturated heterocycles. The Kier molecular flexibility index (Phi) is 3.10. The van der Waals surface area contributed by atoms with Crippen LogP contribution in [0.2, 0.25) is 0 Å². The topological polar surface area (TPSA) is 76.4 Å². The molecule has 0 saturated carbocycles. The van der Waals surface area contributed by atoms with Crippen molar-refractivity contribution in [3.63, 3.8) is 0 Å². The minimum Gasteiger partial charge on any atom is -0.409 e. The summed E-state index contributed by atoms with van der Waals surface area (Å²) in [5, 5.41) is 15.5. The highest BCUT2D eigenvalue weighted by molar-refractivity contribution is 9.10. The van der Waals surface area contributed by atoms with E-state index >= 15 is 0 Å². The van der Waals surface area contributed by atoms with Crippen LogP contribution in [-0.2, 0) is 0 Å². The molecule has 0 spiro atoms. The second kappa shape index (κ2) is 4.54. The second-order valence-electron chi connectivity index (χ2n) is 3.22. The number of benzene rings is 1. The first-order valence-electron chi connectivity index (χ1n) is 4.60. The number of aromatic nitrogens is 2. The zero-order chi connectivity index (χ0) is 12.4. The molecule has 0 aliphatic rings. The molecule has 1 aromatic carbocycles.